The van der Waals surface area contributed by atoms with Gasteiger partial charge in [0.2, 0.25) is 5.28 Å². The Labute approximate surface area is 118 Å². The summed E-state index contributed by atoms with van der Waals surface area (Å²) in [7, 11) is 0. The summed E-state index contributed by atoms with van der Waals surface area (Å²) in [5.41, 5.74) is 0. The Kier molecular flexibility index (Phi) is 4.15. The molecule has 3 rings (SSSR count). The van der Waals surface area contributed by atoms with E-state index in [1.54, 1.807) is 6.20 Å². The molecule has 0 saturated carbocycles. The third kappa shape index (κ3) is 3.35. The monoisotopic (exact) mass is 282 g/mol. The summed E-state index contributed by atoms with van der Waals surface area (Å²) < 4.78 is 5.69. The number of halogens is 1. The summed E-state index contributed by atoms with van der Waals surface area (Å²) in [6, 6.07) is 1.92. The van der Waals surface area contributed by atoms with Crippen LogP contribution in [0.15, 0.2) is 12.3 Å². The van der Waals surface area contributed by atoms with E-state index in [9.17, 15) is 0 Å². The SMILES string of the molecule is Clc1nccc(N2CCN(CC3CCCO3)CC2)n1. The van der Waals surface area contributed by atoms with Crippen LogP contribution in [0, 0.1) is 0 Å². The highest BCUT2D eigenvalue weighted by atomic mass is 35.5. The minimum absolute atomic E-state index is 0.319. The van der Waals surface area contributed by atoms with E-state index in [0.29, 0.717) is 11.4 Å². The first kappa shape index (κ1) is 13.1. The number of aromatic nitrogens is 2. The summed E-state index contributed by atoms with van der Waals surface area (Å²) in [4.78, 5) is 12.9. The highest BCUT2D eigenvalue weighted by molar-refractivity contribution is 6.28. The molecular formula is C13H19ClN4O. The van der Waals surface area contributed by atoms with E-state index < -0.39 is 0 Å². The predicted molar refractivity (Wildman–Crippen MR) is 74.7 cm³/mol. The van der Waals surface area contributed by atoms with Gasteiger partial charge >= 0.3 is 0 Å². The number of nitrogens with zero attached hydrogens (tertiary/aromatic N) is 4. The number of ether oxygens (including phenoxy) is 1. The molecule has 0 spiro atoms. The van der Waals surface area contributed by atoms with E-state index in [4.69, 9.17) is 16.3 Å². The molecule has 1 aromatic rings. The lowest BCUT2D eigenvalue weighted by Crippen LogP contribution is -2.48. The van der Waals surface area contributed by atoms with Gasteiger partial charge < -0.3 is 9.64 Å². The molecule has 2 aliphatic heterocycles. The van der Waals surface area contributed by atoms with Gasteiger partial charge in [0.25, 0.3) is 0 Å². The highest BCUT2D eigenvalue weighted by Crippen LogP contribution is 2.17. The molecule has 5 nitrogen and oxygen atoms in total. The maximum atomic E-state index is 5.83. The second kappa shape index (κ2) is 6.03. The van der Waals surface area contributed by atoms with Gasteiger partial charge in [0.05, 0.1) is 6.10 Å². The van der Waals surface area contributed by atoms with Crippen LogP contribution in [0.2, 0.25) is 5.28 Å². The predicted octanol–water partition coefficient (Wildman–Crippen LogP) is 1.43. The fourth-order valence-corrected chi connectivity index (χ4v) is 2.88. The molecule has 0 N–H and O–H groups in total. The van der Waals surface area contributed by atoms with Crippen LogP contribution in [0.4, 0.5) is 5.82 Å². The van der Waals surface area contributed by atoms with E-state index in [1.807, 2.05) is 6.07 Å². The van der Waals surface area contributed by atoms with Crippen molar-refractivity contribution in [2.75, 3.05) is 44.2 Å². The Balaban J connectivity index is 1.51. The smallest absolute Gasteiger partial charge is 0.224 e. The first-order valence-electron chi connectivity index (χ1n) is 6.89. The van der Waals surface area contributed by atoms with E-state index >= 15 is 0 Å². The van der Waals surface area contributed by atoms with Crippen molar-refractivity contribution in [2.45, 2.75) is 18.9 Å². The molecule has 0 bridgehead atoms. The molecule has 0 aromatic carbocycles. The highest BCUT2D eigenvalue weighted by Gasteiger charge is 2.23. The van der Waals surface area contributed by atoms with Crippen LogP contribution >= 0.6 is 11.6 Å². The standard InChI is InChI=1S/C13H19ClN4O/c14-13-15-4-3-12(16-13)18-7-5-17(6-8-18)10-11-2-1-9-19-11/h3-4,11H,1-2,5-10H2. The third-order valence-electron chi connectivity index (χ3n) is 3.79. The van der Waals surface area contributed by atoms with Crippen molar-refractivity contribution in [1.29, 1.82) is 0 Å². The van der Waals surface area contributed by atoms with Crippen LogP contribution < -0.4 is 4.90 Å². The van der Waals surface area contributed by atoms with Gasteiger partial charge in [-0.2, -0.15) is 0 Å². The minimum Gasteiger partial charge on any atom is -0.377 e. The fourth-order valence-electron chi connectivity index (χ4n) is 2.74. The lowest BCUT2D eigenvalue weighted by molar-refractivity contribution is 0.0712. The molecule has 3 heterocycles. The van der Waals surface area contributed by atoms with Gasteiger partial charge in [0.15, 0.2) is 0 Å². The van der Waals surface area contributed by atoms with Crippen molar-refractivity contribution in [3.8, 4) is 0 Å². The first-order valence-corrected chi connectivity index (χ1v) is 7.26. The van der Waals surface area contributed by atoms with E-state index in [2.05, 4.69) is 19.8 Å². The summed E-state index contributed by atoms with van der Waals surface area (Å²) >= 11 is 5.83. The van der Waals surface area contributed by atoms with Gasteiger partial charge in [-0.05, 0) is 30.5 Å². The summed E-state index contributed by atoms with van der Waals surface area (Å²) in [5, 5.41) is 0.319. The number of piperazine rings is 1. The van der Waals surface area contributed by atoms with Gasteiger partial charge in [-0.15, -0.1) is 0 Å². The molecule has 0 radical (unpaired) electrons. The zero-order valence-corrected chi connectivity index (χ0v) is 11.7. The molecule has 1 aromatic heterocycles. The normalized spacial score (nSPS) is 24.9. The van der Waals surface area contributed by atoms with Gasteiger partial charge in [-0.3, -0.25) is 4.90 Å². The minimum atomic E-state index is 0.319. The molecule has 19 heavy (non-hydrogen) atoms. The zero-order chi connectivity index (χ0) is 13.1. The maximum absolute atomic E-state index is 5.83. The van der Waals surface area contributed by atoms with Crippen LogP contribution in [0.1, 0.15) is 12.8 Å². The molecule has 0 aliphatic carbocycles. The van der Waals surface area contributed by atoms with Crippen molar-refractivity contribution in [3.05, 3.63) is 17.5 Å². The topological polar surface area (TPSA) is 41.5 Å². The molecule has 0 amide bonds. The Morgan fingerprint density at radius 3 is 2.84 bits per heavy atom. The van der Waals surface area contributed by atoms with E-state index in [0.717, 1.165) is 45.1 Å². The second-order valence-corrected chi connectivity index (χ2v) is 5.44. The number of hydrogen-bond donors (Lipinski definition) is 0. The zero-order valence-electron chi connectivity index (χ0n) is 11.0. The lowest BCUT2D eigenvalue weighted by Gasteiger charge is -2.36. The molecule has 2 fully saturated rings. The maximum Gasteiger partial charge on any atom is 0.224 e. The molecule has 104 valence electrons. The van der Waals surface area contributed by atoms with E-state index in [1.165, 1.54) is 12.8 Å². The van der Waals surface area contributed by atoms with Crippen molar-refractivity contribution in [1.82, 2.24) is 14.9 Å². The lowest BCUT2D eigenvalue weighted by atomic mass is 10.2. The molecule has 2 aliphatic rings. The van der Waals surface area contributed by atoms with E-state index in [-0.39, 0.29) is 0 Å². The number of rotatable bonds is 3. The molecule has 1 unspecified atom stereocenters. The summed E-state index contributed by atoms with van der Waals surface area (Å²) in [6.45, 7) is 6.09. The van der Waals surface area contributed by atoms with Crippen LogP contribution in [0.5, 0.6) is 0 Å². The van der Waals surface area contributed by atoms with Crippen molar-refractivity contribution in [3.63, 3.8) is 0 Å². The average Bonchev–Trinajstić information content (AvgIpc) is 2.92. The van der Waals surface area contributed by atoms with Crippen LogP contribution in [0.3, 0.4) is 0 Å². The average molecular weight is 283 g/mol. The van der Waals surface area contributed by atoms with Crippen LogP contribution in [-0.4, -0.2) is 60.3 Å². The van der Waals surface area contributed by atoms with Gasteiger partial charge in [-0.25, -0.2) is 9.97 Å². The van der Waals surface area contributed by atoms with Gasteiger partial charge in [0, 0.05) is 45.5 Å². The summed E-state index contributed by atoms with van der Waals surface area (Å²) in [5.74, 6) is 0.928. The molecule has 1 atom stereocenters. The van der Waals surface area contributed by atoms with Gasteiger partial charge in [0.1, 0.15) is 5.82 Å². The first-order chi connectivity index (χ1) is 9.31. The third-order valence-corrected chi connectivity index (χ3v) is 3.98. The van der Waals surface area contributed by atoms with Crippen molar-refractivity contribution >= 4 is 17.4 Å². The van der Waals surface area contributed by atoms with Crippen molar-refractivity contribution in [2.24, 2.45) is 0 Å². The number of anilines is 1. The quantitative estimate of drug-likeness (QED) is 0.785. The Bertz CT molecular complexity index is 417. The largest absolute Gasteiger partial charge is 0.377 e. The van der Waals surface area contributed by atoms with Gasteiger partial charge in [-0.1, -0.05) is 0 Å². The number of hydrogen-bond acceptors (Lipinski definition) is 5. The van der Waals surface area contributed by atoms with Crippen LogP contribution in [-0.2, 0) is 4.74 Å². The summed E-state index contributed by atoms with van der Waals surface area (Å²) in [6.07, 6.45) is 4.58. The Hall–Kier alpha value is -0.910. The fraction of sp³-hybridized carbons (Fsp3) is 0.692. The Morgan fingerprint density at radius 2 is 2.16 bits per heavy atom. The Morgan fingerprint density at radius 1 is 1.32 bits per heavy atom. The molecule has 2 saturated heterocycles. The van der Waals surface area contributed by atoms with Crippen molar-refractivity contribution < 1.29 is 4.74 Å². The van der Waals surface area contributed by atoms with Crippen LogP contribution in [0.25, 0.3) is 0 Å². The second-order valence-electron chi connectivity index (χ2n) is 5.11. The molecule has 6 heteroatoms. The molecular weight excluding hydrogens is 264 g/mol.